The summed E-state index contributed by atoms with van der Waals surface area (Å²) in [5.74, 6) is -0.244. The molecule has 1 aromatic rings. The van der Waals surface area contributed by atoms with Gasteiger partial charge in [-0.1, -0.05) is 18.2 Å². The van der Waals surface area contributed by atoms with Gasteiger partial charge in [-0.15, -0.1) is 0 Å². The van der Waals surface area contributed by atoms with E-state index in [1.54, 1.807) is 0 Å². The Morgan fingerprint density at radius 2 is 2.44 bits per heavy atom. The predicted octanol–water partition coefficient (Wildman–Crippen LogP) is 0.00990. The number of carbonyl (C=O) groups is 1. The standard InChI is InChI=1S/C11H13BO4/c1-15-10(13)6-5-8-3-2-4-9-7-16-12(14)11(8)9/h2-4,14H,5-7H2,1H3. The summed E-state index contributed by atoms with van der Waals surface area (Å²) in [5, 5.41) is 9.65. The van der Waals surface area contributed by atoms with E-state index in [1.165, 1.54) is 7.11 Å². The predicted molar refractivity (Wildman–Crippen MR) is 59.2 cm³/mol. The molecule has 0 amide bonds. The van der Waals surface area contributed by atoms with Crippen LogP contribution in [0.5, 0.6) is 0 Å². The van der Waals surface area contributed by atoms with Crippen molar-refractivity contribution in [3.05, 3.63) is 29.3 Å². The number of hydrogen-bond acceptors (Lipinski definition) is 4. The highest BCUT2D eigenvalue weighted by molar-refractivity contribution is 6.62. The molecule has 0 aliphatic carbocycles. The van der Waals surface area contributed by atoms with Crippen molar-refractivity contribution in [2.24, 2.45) is 0 Å². The van der Waals surface area contributed by atoms with Gasteiger partial charge in [-0.25, -0.2) is 0 Å². The topological polar surface area (TPSA) is 55.8 Å². The third kappa shape index (κ3) is 2.10. The fraction of sp³-hybridized carbons (Fsp3) is 0.364. The number of benzene rings is 1. The highest BCUT2D eigenvalue weighted by Gasteiger charge is 2.29. The number of hydrogen-bond donors (Lipinski definition) is 1. The summed E-state index contributed by atoms with van der Waals surface area (Å²) in [6.07, 6.45) is 0.885. The lowest BCUT2D eigenvalue weighted by atomic mass is 9.75. The van der Waals surface area contributed by atoms with Crippen LogP contribution < -0.4 is 5.46 Å². The molecule has 0 saturated carbocycles. The zero-order valence-electron chi connectivity index (χ0n) is 9.10. The van der Waals surface area contributed by atoms with Gasteiger partial charge in [-0.2, -0.15) is 0 Å². The van der Waals surface area contributed by atoms with E-state index in [4.69, 9.17) is 4.65 Å². The van der Waals surface area contributed by atoms with Gasteiger partial charge in [0.15, 0.2) is 0 Å². The van der Waals surface area contributed by atoms with Crippen molar-refractivity contribution in [2.45, 2.75) is 19.4 Å². The van der Waals surface area contributed by atoms with Crippen LogP contribution in [0, 0.1) is 0 Å². The quantitative estimate of drug-likeness (QED) is 0.575. The largest absolute Gasteiger partial charge is 0.492 e. The Bertz CT molecular complexity index is 405. The van der Waals surface area contributed by atoms with Crippen molar-refractivity contribution >= 4 is 18.6 Å². The average molecular weight is 220 g/mol. The van der Waals surface area contributed by atoms with Gasteiger partial charge in [0.25, 0.3) is 0 Å². The summed E-state index contributed by atoms with van der Waals surface area (Å²) in [5.41, 5.74) is 2.76. The molecule has 4 nitrogen and oxygen atoms in total. The van der Waals surface area contributed by atoms with Crippen LogP contribution in [0.1, 0.15) is 17.5 Å². The molecule has 0 bridgehead atoms. The first-order chi connectivity index (χ1) is 7.72. The van der Waals surface area contributed by atoms with E-state index in [0.717, 1.165) is 16.6 Å². The molecule has 5 heteroatoms. The zero-order chi connectivity index (χ0) is 11.5. The molecule has 16 heavy (non-hydrogen) atoms. The van der Waals surface area contributed by atoms with E-state index in [-0.39, 0.29) is 5.97 Å². The summed E-state index contributed by atoms with van der Waals surface area (Å²) in [6.45, 7) is 0.433. The average Bonchev–Trinajstić information content (AvgIpc) is 2.69. The molecule has 1 aliphatic heterocycles. The van der Waals surface area contributed by atoms with Gasteiger partial charge in [-0.3, -0.25) is 4.79 Å². The Labute approximate surface area is 94.3 Å². The fourth-order valence-electron chi connectivity index (χ4n) is 1.92. The minimum atomic E-state index is -0.858. The van der Waals surface area contributed by atoms with Crippen molar-refractivity contribution < 1.29 is 19.2 Å². The Morgan fingerprint density at radius 3 is 3.19 bits per heavy atom. The third-order valence-corrected chi connectivity index (χ3v) is 2.76. The maximum absolute atomic E-state index is 11.1. The van der Waals surface area contributed by atoms with Crippen LogP contribution >= 0.6 is 0 Å². The molecule has 0 atom stereocenters. The van der Waals surface area contributed by atoms with Crippen LogP contribution in [-0.2, 0) is 27.2 Å². The molecule has 1 aromatic carbocycles. The SMILES string of the molecule is COC(=O)CCc1cccc2c1B(O)OC2. The minimum Gasteiger partial charge on any atom is -0.469 e. The van der Waals surface area contributed by atoms with Crippen LogP contribution in [-0.4, -0.2) is 25.2 Å². The molecule has 0 aromatic heterocycles. The summed E-state index contributed by atoms with van der Waals surface area (Å²) >= 11 is 0. The number of rotatable bonds is 3. The lowest BCUT2D eigenvalue weighted by Crippen LogP contribution is -2.31. The first-order valence-electron chi connectivity index (χ1n) is 5.19. The lowest BCUT2D eigenvalue weighted by molar-refractivity contribution is -0.140. The van der Waals surface area contributed by atoms with Crippen molar-refractivity contribution in [1.29, 1.82) is 0 Å². The Kier molecular flexibility index (Phi) is 3.26. The van der Waals surface area contributed by atoms with E-state index >= 15 is 0 Å². The van der Waals surface area contributed by atoms with Gasteiger partial charge in [0.1, 0.15) is 0 Å². The van der Waals surface area contributed by atoms with Gasteiger partial charge in [0.2, 0.25) is 0 Å². The summed E-state index contributed by atoms with van der Waals surface area (Å²) < 4.78 is 9.72. The second-order valence-corrected chi connectivity index (χ2v) is 3.73. The maximum atomic E-state index is 11.1. The van der Waals surface area contributed by atoms with Crippen molar-refractivity contribution in [2.75, 3.05) is 7.11 Å². The Balaban J connectivity index is 2.16. The van der Waals surface area contributed by atoms with Crippen LogP contribution in [0.15, 0.2) is 18.2 Å². The smallest absolute Gasteiger partial charge is 0.469 e. The molecule has 2 rings (SSSR count). The molecular formula is C11H13BO4. The zero-order valence-corrected chi connectivity index (χ0v) is 9.10. The van der Waals surface area contributed by atoms with Crippen LogP contribution in [0.3, 0.4) is 0 Å². The van der Waals surface area contributed by atoms with E-state index < -0.39 is 7.12 Å². The van der Waals surface area contributed by atoms with E-state index in [0.29, 0.717) is 19.4 Å². The monoisotopic (exact) mass is 220 g/mol. The molecular weight excluding hydrogens is 207 g/mol. The molecule has 1 N–H and O–H groups in total. The number of ether oxygens (including phenoxy) is 1. The van der Waals surface area contributed by atoms with Crippen LogP contribution in [0.2, 0.25) is 0 Å². The third-order valence-electron chi connectivity index (χ3n) is 2.76. The van der Waals surface area contributed by atoms with Gasteiger partial charge in [-0.05, 0) is 23.0 Å². The second kappa shape index (κ2) is 4.68. The molecule has 1 heterocycles. The first kappa shape index (κ1) is 11.2. The number of fused-ring (bicyclic) bond motifs is 1. The Hall–Kier alpha value is -1.33. The van der Waals surface area contributed by atoms with Crippen molar-refractivity contribution in [1.82, 2.24) is 0 Å². The summed E-state index contributed by atoms with van der Waals surface area (Å²) in [6, 6.07) is 5.74. The fourth-order valence-corrected chi connectivity index (χ4v) is 1.92. The van der Waals surface area contributed by atoms with Gasteiger partial charge in [0.05, 0.1) is 13.7 Å². The van der Waals surface area contributed by atoms with E-state index in [1.807, 2.05) is 18.2 Å². The molecule has 0 radical (unpaired) electrons. The number of aryl methyl sites for hydroxylation is 1. The van der Waals surface area contributed by atoms with Crippen LogP contribution in [0.25, 0.3) is 0 Å². The molecule has 0 spiro atoms. The lowest BCUT2D eigenvalue weighted by Gasteiger charge is -2.07. The van der Waals surface area contributed by atoms with Crippen molar-refractivity contribution in [3.63, 3.8) is 0 Å². The number of methoxy groups -OCH3 is 1. The highest BCUT2D eigenvalue weighted by atomic mass is 16.5. The first-order valence-corrected chi connectivity index (χ1v) is 5.19. The molecule has 0 saturated heterocycles. The molecule has 1 aliphatic rings. The van der Waals surface area contributed by atoms with E-state index in [2.05, 4.69) is 4.74 Å². The van der Waals surface area contributed by atoms with Gasteiger partial charge < -0.3 is 14.4 Å². The normalized spacial score (nSPS) is 13.8. The van der Waals surface area contributed by atoms with E-state index in [9.17, 15) is 9.82 Å². The summed E-state index contributed by atoms with van der Waals surface area (Å²) in [7, 11) is 0.513. The Morgan fingerprint density at radius 1 is 1.62 bits per heavy atom. The number of carbonyl (C=O) groups excluding carboxylic acids is 1. The summed E-state index contributed by atoms with van der Waals surface area (Å²) in [4.78, 5) is 11.1. The molecule has 84 valence electrons. The minimum absolute atomic E-state index is 0.244. The second-order valence-electron chi connectivity index (χ2n) is 3.73. The van der Waals surface area contributed by atoms with Crippen molar-refractivity contribution in [3.8, 4) is 0 Å². The number of esters is 1. The molecule has 0 fully saturated rings. The van der Waals surface area contributed by atoms with Gasteiger partial charge >= 0.3 is 13.1 Å². The highest BCUT2D eigenvalue weighted by Crippen LogP contribution is 2.14. The maximum Gasteiger partial charge on any atom is 0.492 e. The van der Waals surface area contributed by atoms with Gasteiger partial charge in [0, 0.05) is 6.42 Å². The molecule has 0 unspecified atom stereocenters. The van der Waals surface area contributed by atoms with Crippen LogP contribution in [0.4, 0.5) is 0 Å².